The Kier molecular flexibility index (Phi) is 7.91. The first kappa shape index (κ1) is 15.8. The van der Waals surface area contributed by atoms with Crippen molar-refractivity contribution in [3.05, 3.63) is 0 Å². The first-order chi connectivity index (χ1) is 7.39. The van der Waals surface area contributed by atoms with Gasteiger partial charge in [0, 0.05) is 26.2 Å². The van der Waals surface area contributed by atoms with Gasteiger partial charge in [0.25, 0.3) is 0 Å². The summed E-state index contributed by atoms with van der Waals surface area (Å²) >= 11 is 0. The molecular weight excluding hydrogens is 226 g/mol. The average molecular weight is 251 g/mol. The molecule has 0 heterocycles. The van der Waals surface area contributed by atoms with Crippen LogP contribution in [0.3, 0.4) is 0 Å². The molecule has 0 saturated carbocycles. The van der Waals surface area contributed by atoms with Crippen LogP contribution in [-0.4, -0.2) is 70.8 Å². The van der Waals surface area contributed by atoms with E-state index in [9.17, 15) is 8.42 Å². The number of likely N-dealkylation sites (N-methyl/N-ethyl adjacent to an activating group) is 2. The Balaban J connectivity index is 3.62. The highest BCUT2D eigenvalue weighted by atomic mass is 32.2. The molecule has 0 aliphatic carbocycles. The van der Waals surface area contributed by atoms with Gasteiger partial charge in [-0.2, -0.15) is 0 Å². The molecule has 0 aromatic carbocycles. The molecule has 0 spiro atoms. The molecular formula is C10H25N3O2S. The molecule has 0 rings (SSSR count). The molecule has 0 fully saturated rings. The molecule has 0 radical (unpaired) electrons. The number of sulfonamides is 1. The zero-order valence-electron chi connectivity index (χ0n) is 10.9. The predicted molar refractivity (Wildman–Crippen MR) is 68.1 cm³/mol. The van der Waals surface area contributed by atoms with Crippen molar-refractivity contribution in [2.24, 2.45) is 0 Å². The topological polar surface area (TPSA) is 52.6 Å². The van der Waals surface area contributed by atoms with Crippen molar-refractivity contribution in [3.63, 3.8) is 0 Å². The number of nitrogens with one attached hydrogen (secondary N) is 1. The Morgan fingerprint density at radius 1 is 1.06 bits per heavy atom. The lowest BCUT2D eigenvalue weighted by Gasteiger charge is -2.22. The molecule has 0 aromatic heterocycles. The minimum atomic E-state index is -3.05. The van der Waals surface area contributed by atoms with Gasteiger partial charge in [0.1, 0.15) is 0 Å². The van der Waals surface area contributed by atoms with Crippen LogP contribution in [0.5, 0.6) is 0 Å². The van der Waals surface area contributed by atoms with Crippen LogP contribution in [0.1, 0.15) is 13.8 Å². The van der Waals surface area contributed by atoms with Crippen molar-refractivity contribution in [3.8, 4) is 0 Å². The predicted octanol–water partition coefficient (Wildman–Crippen LogP) is -0.191. The quantitative estimate of drug-likeness (QED) is 0.617. The summed E-state index contributed by atoms with van der Waals surface area (Å²) < 4.78 is 24.2. The van der Waals surface area contributed by atoms with Gasteiger partial charge in [-0.3, -0.25) is 0 Å². The van der Waals surface area contributed by atoms with Crippen LogP contribution in [0.2, 0.25) is 0 Å². The van der Waals surface area contributed by atoms with E-state index >= 15 is 0 Å². The Morgan fingerprint density at radius 2 is 1.62 bits per heavy atom. The van der Waals surface area contributed by atoms with E-state index in [1.165, 1.54) is 6.26 Å². The molecule has 0 amide bonds. The summed E-state index contributed by atoms with van der Waals surface area (Å²) in [5.41, 5.74) is 0. The monoisotopic (exact) mass is 251 g/mol. The fraction of sp³-hybridized carbons (Fsp3) is 1.00. The maximum Gasteiger partial charge on any atom is 0.208 e. The van der Waals surface area contributed by atoms with Gasteiger partial charge in [-0.05, 0) is 20.1 Å². The summed E-state index contributed by atoms with van der Waals surface area (Å²) in [5.74, 6) is 0. The smallest absolute Gasteiger partial charge is 0.208 e. The summed E-state index contributed by atoms with van der Waals surface area (Å²) in [6, 6.07) is 0. The van der Waals surface area contributed by atoms with Crippen molar-refractivity contribution in [2.45, 2.75) is 13.8 Å². The van der Waals surface area contributed by atoms with Crippen LogP contribution in [0.4, 0.5) is 0 Å². The highest BCUT2D eigenvalue weighted by Gasteiger charge is 2.04. The van der Waals surface area contributed by atoms with Crippen LogP contribution in [0.25, 0.3) is 0 Å². The Bertz CT molecular complexity index is 263. The number of nitrogens with zero attached hydrogens (tertiary/aromatic N) is 2. The fourth-order valence-corrected chi connectivity index (χ4v) is 1.85. The minimum absolute atomic E-state index is 0.480. The summed E-state index contributed by atoms with van der Waals surface area (Å²) in [4.78, 5) is 4.48. The van der Waals surface area contributed by atoms with Crippen molar-refractivity contribution >= 4 is 10.0 Å². The number of hydrogen-bond acceptors (Lipinski definition) is 4. The highest BCUT2D eigenvalue weighted by molar-refractivity contribution is 7.88. The molecule has 0 unspecified atom stereocenters. The van der Waals surface area contributed by atoms with E-state index in [1.807, 2.05) is 7.05 Å². The second kappa shape index (κ2) is 8.00. The number of rotatable bonds is 9. The van der Waals surface area contributed by atoms with Crippen LogP contribution in [0, 0.1) is 0 Å². The van der Waals surface area contributed by atoms with Crippen LogP contribution >= 0.6 is 0 Å². The zero-order chi connectivity index (χ0) is 12.6. The summed E-state index contributed by atoms with van der Waals surface area (Å²) in [7, 11) is -1.04. The fourth-order valence-electron chi connectivity index (χ4n) is 1.39. The van der Waals surface area contributed by atoms with Gasteiger partial charge >= 0.3 is 0 Å². The summed E-state index contributed by atoms with van der Waals surface area (Å²) in [6.07, 6.45) is 1.18. The van der Waals surface area contributed by atoms with Gasteiger partial charge in [-0.1, -0.05) is 13.8 Å². The third kappa shape index (κ3) is 9.08. The third-order valence-corrected chi connectivity index (χ3v) is 3.28. The minimum Gasteiger partial charge on any atom is -0.304 e. The van der Waals surface area contributed by atoms with E-state index in [0.29, 0.717) is 6.54 Å². The second-order valence-electron chi connectivity index (χ2n) is 4.00. The van der Waals surface area contributed by atoms with Crippen LogP contribution in [-0.2, 0) is 10.0 Å². The summed E-state index contributed by atoms with van der Waals surface area (Å²) in [5, 5.41) is 0. The molecule has 16 heavy (non-hydrogen) atoms. The molecule has 6 heteroatoms. The molecule has 0 aliphatic rings. The first-order valence-corrected chi connectivity index (χ1v) is 7.63. The Labute approximate surface area is 99.9 Å². The first-order valence-electron chi connectivity index (χ1n) is 5.74. The lowest BCUT2D eigenvalue weighted by atomic mass is 10.4. The SMILES string of the molecule is CCN(CC)CCN(C)CCNS(C)(=O)=O. The molecule has 0 aromatic rings. The third-order valence-electron chi connectivity index (χ3n) is 2.55. The summed E-state index contributed by atoms with van der Waals surface area (Å²) in [6.45, 7) is 9.64. The van der Waals surface area contributed by atoms with E-state index < -0.39 is 10.0 Å². The lowest BCUT2D eigenvalue weighted by Crippen LogP contribution is -2.37. The highest BCUT2D eigenvalue weighted by Crippen LogP contribution is 1.89. The molecule has 0 saturated heterocycles. The normalized spacial score (nSPS) is 12.6. The average Bonchev–Trinajstić information content (AvgIpc) is 2.17. The van der Waals surface area contributed by atoms with E-state index in [-0.39, 0.29) is 0 Å². The molecule has 0 aliphatic heterocycles. The Morgan fingerprint density at radius 3 is 2.06 bits per heavy atom. The van der Waals surface area contributed by atoms with E-state index in [1.54, 1.807) is 0 Å². The van der Waals surface area contributed by atoms with Gasteiger partial charge in [0.05, 0.1) is 6.26 Å². The van der Waals surface area contributed by atoms with E-state index in [0.717, 1.165) is 32.7 Å². The van der Waals surface area contributed by atoms with Crippen molar-refractivity contribution in [2.75, 3.05) is 52.6 Å². The second-order valence-corrected chi connectivity index (χ2v) is 5.83. The standard InChI is InChI=1S/C10H25N3O2S/c1-5-13(6-2)10-9-12(3)8-7-11-16(4,14)15/h11H,5-10H2,1-4H3. The zero-order valence-corrected chi connectivity index (χ0v) is 11.7. The van der Waals surface area contributed by atoms with Gasteiger partial charge in [0.15, 0.2) is 0 Å². The number of hydrogen-bond donors (Lipinski definition) is 1. The largest absolute Gasteiger partial charge is 0.304 e. The van der Waals surface area contributed by atoms with Gasteiger partial charge < -0.3 is 9.80 Å². The van der Waals surface area contributed by atoms with Crippen molar-refractivity contribution < 1.29 is 8.42 Å². The van der Waals surface area contributed by atoms with Crippen molar-refractivity contribution in [1.82, 2.24) is 14.5 Å². The molecule has 98 valence electrons. The van der Waals surface area contributed by atoms with Crippen LogP contribution in [0.15, 0.2) is 0 Å². The molecule has 5 nitrogen and oxygen atoms in total. The van der Waals surface area contributed by atoms with E-state index in [4.69, 9.17) is 0 Å². The van der Waals surface area contributed by atoms with Crippen molar-refractivity contribution in [1.29, 1.82) is 0 Å². The lowest BCUT2D eigenvalue weighted by molar-refractivity contribution is 0.242. The maximum atomic E-state index is 10.8. The molecule has 0 atom stereocenters. The van der Waals surface area contributed by atoms with Gasteiger partial charge in [0.2, 0.25) is 10.0 Å². The maximum absolute atomic E-state index is 10.8. The molecule has 0 bridgehead atoms. The van der Waals surface area contributed by atoms with E-state index in [2.05, 4.69) is 28.4 Å². The van der Waals surface area contributed by atoms with Gasteiger partial charge in [-0.25, -0.2) is 13.1 Å². The Hall–Kier alpha value is -0.170. The molecule has 1 N–H and O–H groups in total. The van der Waals surface area contributed by atoms with Crippen LogP contribution < -0.4 is 4.72 Å². The van der Waals surface area contributed by atoms with Gasteiger partial charge in [-0.15, -0.1) is 0 Å².